The first kappa shape index (κ1) is 11.7. The third-order valence-corrected chi connectivity index (χ3v) is 4.16. The van der Waals surface area contributed by atoms with Gasteiger partial charge in [0.05, 0.1) is 4.90 Å². The van der Waals surface area contributed by atoms with Gasteiger partial charge in [0.15, 0.2) is 6.33 Å². The van der Waals surface area contributed by atoms with Crippen LogP contribution in [0.3, 0.4) is 0 Å². The van der Waals surface area contributed by atoms with Gasteiger partial charge in [-0.3, -0.25) is 0 Å². The molecule has 7 heteroatoms. The fourth-order valence-corrected chi connectivity index (χ4v) is 3.32. The summed E-state index contributed by atoms with van der Waals surface area (Å²) in [4.78, 5) is 0.237. The van der Waals surface area contributed by atoms with Gasteiger partial charge in [0.1, 0.15) is 0 Å². The highest BCUT2D eigenvalue weighted by molar-refractivity contribution is 7.89. The molecule has 17 heavy (non-hydrogen) atoms. The van der Waals surface area contributed by atoms with Gasteiger partial charge in [-0.1, -0.05) is 17.7 Å². The summed E-state index contributed by atoms with van der Waals surface area (Å²) in [7, 11) is -3.74. The zero-order valence-electron chi connectivity index (χ0n) is 9.75. The summed E-state index contributed by atoms with van der Waals surface area (Å²) in [5.41, 5.74) is 2.38. The lowest BCUT2D eigenvalue weighted by Crippen LogP contribution is -2.18. The van der Waals surface area contributed by atoms with E-state index in [0.717, 1.165) is 11.9 Å². The fourth-order valence-electron chi connectivity index (χ4n) is 1.92. The number of tetrazole rings is 1. The molecule has 0 N–H and O–H groups in total. The van der Waals surface area contributed by atoms with Crippen LogP contribution in [0, 0.1) is 20.8 Å². The average Bonchev–Trinajstić information content (AvgIpc) is 2.67. The van der Waals surface area contributed by atoms with Crippen molar-refractivity contribution in [2.24, 2.45) is 0 Å². The second-order valence-electron chi connectivity index (χ2n) is 3.89. The highest BCUT2D eigenvalue weighted by atomic mass is 32.2. The molecule has 0 fully saturated rings. The maximum atomic E-state index is 12.2. The molecule has 0 atom stereocenters. The van der Waals surface area contributed by atoms with E-state index in [-0.39, 0.29) is 4.90 Å². The lowest BCUT2D eigenvalue weighted by atomic mass is 10.1. The molecule has 0 aliphatic heterocycles. The minimum atomic E-state index is -3.74. The highest BCUT2D eigenvalue weighted by Gasteiger charge is 2.23. The molecule has 0 saturated heterocycles. The second kappa shape index (κ2) is 3.92. The van der Waals surface area contributed by atoms with E-state index in [4.69, 9.17) is 0 Å². The van der Waals surface area contributed by atoms with E-state index < -0.39 is 10.0 Å². The minimum absolute atomic E-state index is 0.237. The molecule has 1 aromatic heterocycles. The maximum absolute atomic E-state index is 12.2. The van der Waals surface area contributed by atoms with Gasteiger partial charge in [0, 0.05) is 0 Å². The summed E-state index contributed by atoms with van der Waals surface area (Å²) in [6.07, 6.45) is 1.09. The van der Waals surface area contributed by atoms with Gasteiger partial charge in [-0.05, 0) is 41.3 Å². The Morgan fingerprint density at radius 1 is 1.12 bits per heavy atom. The largest absolute Gasteiger partial charge is 0.301 e. The van der Waals surface area contributed by atoms with Crippen molar-refractivity contribution in [3.63, 3.8) is 0 Å². The molecule has 2 rings (SSSR count). The molecule has 0 radical (unpaired) electrons. The van der Waals surface area contributed by atoms with Gasteiger partial charge < -0.3 is 0 Å². The lowest BCUT2D eigenvalue weighted by Gasteiger charge is -2.10. The molecular weight excluding hydrogens is 240 g/mol. The number of aromatic nitrogens is 4. The van der Waals surface area contributed by atoms with Crippen molar-refractivity contribution in [2.45, 2.75) is 25.7 Å². The molecule has 90 valence electrons. The molecule has 0 aliphatic rings. The first-order valence-corrected chi connectivity index (χ1v) is 6.43. The average molecular weight is 252 g/mol. The van der Waals surface area contributed by atoms with Gasteiger partial charge in [0.25, 0.3) is 0 Å². The summed E-state index contributed by atoms with van der Waals surface area (Å²) in [5.74, 6) is 0. The smallest absolute Gasteiger partial charge is 0.198 e. The van der Waals surface area contributed by atoms with Crippen LogP contribution in [0.1, 0.15) is 16.7 Å². The van der Waals surface area contributed by atoms with E-state index in [1.807, 2.05) is 19.1 Å². The van der Waals surface area contributed by atoms with Crippen molar-refractivity contribution in [2.75, 3.05) is 0 Å². The first-order valence-electron chi connectivity index (χ1n) is 4.99. The Hall–Kier alpha value is -1.76. The first-order chi connectivity index (χ1) is 7.93. The Bertz CT molecular complexity index is 624. The minimum Gasteiger partial charge on any atom is -0.198 e. The van der Waals surface area contributed by atoms with Gasteiger partial charge in [-0.2, -0.15) is 8.42 Å². The molecule has 1 heterocycles. The second-order valence-corrected chi connectivity index (χ2v) is 5.58. The molecule has 6 nitrogen and oxygen atoms in total. The van der Waals surface area contributed by atoms with E-state index >= 15 is 0 Å². The number of rotatable bonds is 2. The van der Waals surface area contributed by atoms with Crippen LogP contribution in [0.4, 0.5) is 0 Å². The van der Waals surface area contributed by atoms with E-state index in [1.54, 1.807) is 13.8 Å². The van der Waals surface area contributed by atoms with Crippen molar-refractivity contribution in [1.82, 2.24) is 19.6 Å². The van der Waals surface area contributed by atoms with Crippen LogP contribution in [-0.4, -0.2) is 28.0 Å². The monoisotopic (exact) mass is 252 g/mol. The fraction of sp³-hybridized carbons (Fsp3) is 0.300. The number of benzene rings is 1. The van der Waals surface area contributed by atoms with E-state index in [2.05, 4.69) is 15.4 Å². The van der Waals surface area contributed by atoms with Crippen molar-refractivity contribution in [3.05, 3.63) is 35.2 Å². The van der Waals surface area contributed by atoms with Crippen LogP contribution >= 0.6 is 0 Å². The SMILES string of the molecule is Cc1cc(C)c(S(=O)(=O)n2ncnn2)c(C)c1. The predicted octanol–water partition coefficient (Wildman–Crippen LogP) is 0.835. The Morgan fingerprint density at radius 3 is 2.18 bits per heavy atom. The Balaban J connectivity index is 2.71. The Kier molecular flexibility index (Phi) is 2.70. The third-order valence-electron chi connectivity index (χ3n) is 2.41. The number of hydrogen-bond acceptors (Lipinski definition) is 5. The van der Waals surface area contributed by atoms with E-state index in [0.29, 0.717) is 15.3 Å². The third kappa shape index (κ3) is 1.93. The summed E-state index contributed by atoms with van der Waals surface area (Å²) in [5, 5.41) is 10.4. The van der Waals surface area contributed by atoms with Crippen LogP contribution in [0.2, 0.25) is 0 Å². The van der Waals surface area contributed by atoms with E-state index in [9.17, 15) is 8.42 Å². The zero-order chi connectivity index (χ0) is 12.6. The molecule has 1 aromatic carbocycles. The topological polar surface area (TPSA) is 77.7 Å². The molecule has 2 aromatic rings. The highest BCUT2D eigenvalue weighted by Crippen LogP contribution is 2.22. The molecular formula is C10H12N4O2S. The summed E-state index contributed by atoms with van der Waals surface area (Å²) in [6, 6.07) is 3.63. The molecule has 0 saturated carbocycles. The Labute approximate surface area is 99.3 Å². The maximum Gasteiger partial charge on any atom is 0.301 e. The zero-order valence-corrected chi connectivity index (χ0v) is 10.6. The Morgan fingerprint density at radius 2 is 1.71 bits per heavy atom. The van der Waals surface area contributed by atoms with Crippen LogP contribution in [0.25, 0.3) is 0 Å². The van der Waals surface area contributed by atoms with Crippen molar-refractivity contribution in [3.8, 4) is 0 Å². The predicted molar refractivity (Wildman–Crippen MR) is 61.1 cm³/mol. The van der Waals surface area contributed by atoms with Crippen LogP contribution in [0.15, 0.2) is 23.4 Å². The summed E-state index contributed by atoms with van der Waals surface area (Å²) in [6.45, 7) is 5.43. The van der Waals surface area contributed by atoms with Crippen molar-refractivity contribution in [1.29, 1.82) is 0 Å². The van der Waals surface area contributed by atoms with Crippen molar-refractivity contribution >= 4 is 10.0 Å². The molecule has 0 bridgehead atoms. The molecule has 0 amide bonds. The standard InChI is InChI=1S/C10H12N4O2S/c1-7-4-8(2)10(9(3)5-7)17(15,16)14-12-6-11-13-14/h4-6H,1-3H3. The van der Waals surface area contributed by atoms with Crippen molar-refractivity contribution < 1.29 is 8.42 Å². The molecule has 0 aliphatic carbocycles. The molecule has 0 spiro atoms. The van der Waals surface area contributed by atoms with Gasteiger partial charge in [-0.25, -0.2) is 0 Å². The van der Waals surface area contributed by atoms with Gasteiger partial charge in [0.2, 0.25) is 0 Å². The van der Waals surface area contributed by atoms with Gasteiger partial charge in [-0.15, -0.1) is 10.2 Å². The number of hydrogen-bond donors (Lipinski definition) is 0. The normalized spacial score (nSPS) is 11.7. The van der Waals surface area contributed by atoms with Gasteiger partial charge >= 0.3 is 10.0 Å². The summed E-state index contributed by atoms with van der Waals surface area (Å²) >= 11 is 0. The van der Waals surface area contributed by atoms with E-state index in [1.165, 1.54) is 0 Å². The van der Waals surface area contributed by atoms with Crippen LogP contribution in [-0.2, 0) is 10.0 Å². The number of nitrogens with zero attached hydrogens (tertiary/aromatic N) is 4. The van der Waals surface area contributed by atoms with Crippen LogP contribution < -0.4 is 0 Å². The van der Waals surface area contributed by atoms with Crippen LogP contribution in [0.5, 0.6) is 0 Å². The quantitative estimate of drug-likeness (QED) is 0.791. The summed E-state index contributed by atoms with van der Waals surface area (Å²) < 4.78 is 25.1. The number of aryl methyl sites for hydroxylation is 3. The lowest BCUT2D eigenvalue weighted by molar-refractivity contribution is 0.564. The molecule has 0 unspecified atom stereocenters.